The number of para-hydroxylation sites is 1. The fourth-order valence-electron chi connectivity index (χ4n) is 3.96. The molecule has 0 aromatic heterocycles. The third-order valence-corrected chi connectivity index (χ3v) is 5.85. The molecule has 0 spiro atoms. The third-order valence-electron chi connectivity index (χ3n) is 5.53. The maximum absolute atomic E-state index is 6.41. The molecule has 5 heteroatoms. The molecule has 0 saturated carbocycles. The van der Waals surface area contributed by atoms with Crippen LogP contribution in [0.2, 0.25) is 5.02 Å². The van der Waals surface area contributed by atoms with Gasteiger partial charge in [0.15, 0.2) is 0 Å². The van der Waals surface area contributed by atoms with Crippen molar-refractivity contribution < 1.29 is 4.74 Å². The zero-order valence-corrected chi connectivity index (χ0v) is 17.0. The van der Waals surface area contributed by atoms with Crippen LogP contribution in [0.1, 0.15) is 0 Å². The van der Waals surface area contributed by atoms with Crippen LogP contribution in [0.25, 0.3) is 10.8 Å². The van der Waals surface area contributed by atoms with Crippen molar-refractivity contribution in [2.75, 3.05) is 31.8 Å². The Balaban J connectivity index is 1.43. The minimum atomic E-state index is 0.523. The molecule has 0 atom stereocenters. The summed E-state index contributed by atoms with van der Waals surface area (Å²) in [7, 11) is 2.11. The molecule has 1 N–H and O–H groups in total. The van der Waals surface area contributed by atoms with E-state index in [0.717, 1.165) is 40.6 Å². The van der Waals surface area contributed by atoms with Crippen LogP contribution in [0.15, 0.2) is 89.8 Å². The summed E-state index contributed by atoms with van der Waals surface area (Å²) in [6.45, 7) is 2.11. The second-order valence-corrected chi connectivity index (χ2v) is 7.75. The van der Waals surface area contributed by atoms with Gasteiger partial charge < -0.3 is 9.64 Å². The van der Waals surface area contributed by atoms with Gasteiger partial charge >= 0.3 is 0 Å². The van der Waals surface area contributed by atoms with Crippen LogP contribution < -0.4 is 15.2 Å². The highest BCUT2D eigenvalue weighted by atomic mass is 35.5. The first kappa shape index (κ1) is 18.0. The number of likely N-dealkylation sites (N-methyl/N-ethyl adjacent to an activating group) is 1. The Morgan fingerprint density at radius 3 is 2.69 bits per heavy atom. The molecule has 29 heavy (non-hydrogen) atoms. The van der Waals surface area contributed by atoms with Gasteiger partial charge in [-0.25, -0.2) is 0 Å². The van der Waals surface area contributed by atoms with Crippen molar-refractivity contribution in [3.63, 3.8) is 0 Å². The lowest BCUT2D eigenvalue weighted by Gasteiger charge is -2.27. The summed E-state index contributed by atoms with van der Waals surface area (Å²) in [4.78, 5) is 2.25. The highest BCUT2D eigenvalue weighted by molar-refractivity contribution is 6.33. The fourth-order valence-corrected chi connectivity index (χ4v) is 4.20. The summed E-state index contributed by atoms with van der Waals surface area (Å²) >= 11 is 6.41. The quantitative estimate of drug-likeness (QED) is 0.664. The molecule has 0 bridgehead atoms. The van der Waals surface area contributed by atoms with E-state index in [1.165, 1.54) is 16.7 Å². The minimum Gasteiger partial charge on any atom is -0.487 e. The number of halogens is 1. The van der Waals surface area contributed by atoms with Crippen LogP contribution in [0.5, 0.6) is 5.75 Å². The third kappa shape index (κ3) is 3.30. The summed E-state index contributed by atoms with van der Waals surface area (Å²) < 4.78 is 6.30. The highest BCUT2D eigenvalue weighted by Gasteiger charge is 2.29. The van der Waals surface area contributed by atoms with Gasteiger partial charge in [-0.05, 0) is 29.7 Å². The molecule has 0 radical (unpaired) electrons. The predicted octanol–water partition coefficient (Wildman–Crippen LogP) is 4.98. The van der Waals surface area contributed by atoms with Crippen molar-refractivity contribution in [3.05, 3.63) is 94.8 Å². The van der Waals surface area contributed by atoms with Gasteiger partial charge in [-0.15, -0.1) is 0 Å². The van der Waals surface area contributed by atoms with E-state index in [1.807, 2.05) is 42.5 Å². The monoisotopic (exact) mass is 403 g/mol. The molecule has 146 valence electrons. The maximum atomic E-state index is 6.41. The Morgan fingerprint density at radius 1 is 1.00 bits per heavy atom. The van der Waals surface area contributed by atoms with Gasteiger partial charge in [0, 0.05) is 24.6 Å². The second-order valence-electron chi connectivity index (χ2n) is 7.34. The van der Waals surface area contributed by atoms with Crippen LogP contribution in [0.3, 0.4) is 0 Å². The average Bonchev–Trinajstić information content (AvgIpc) is 3.17. The van der Waals surface area contributed by atoms with E-state index in [2.05, 4.69) is 52.7 Å². The molecule has 2 aliphatic rings. The van der Waals surface area contributed by atoms with Crippen LogP contribution in [-0.2, 0) is 0 Å². The Labute approximate surface area is 175 Å². The topological polar surface area (TPSA) is 27.7 Å². The molecule has 3 aromatic carbocycles. The van der Waals surface area contributed by atoms with Gasteiger partial charge in [0.1, 0.15) is 12.4 Å². The lowest BCUT2D eigenvalue weighted by molar-refractivity contribution is 0.299. The zero-order valence-electron chi connectivity index (χ0n) is 16.2. The largest absolute Gasteiger partial charge is 0.487 e. The number of rotatable bonds is 4. The molecule has 1 saturated heterocycles. The van der Waals surface area contributed by atoms with E-state index in [-0.39, 0.29) is 0 Å². The Kier molecular flexibility index (Phi) is 4.57. The Bertz CT molecular complexity index is 1130. The summed E-state index contributed by atoms with van der Waals surface area (Å²) in [5.41, 5.74) is 8.06. The van der Waals surface area contributed by atoms with E-state index >= 15 is 0 Å². The van der Waals surface area contributed by atoms with E-state index in [9.17, 15) is 0 Å². The van der Waals surface area contributed by atoms with Gasteiger partial charge in [0.25, 0.3) is 0 Å². The first-order valence-corrected chi connectivity index (χ1v) is 10.1. The van der Waals surface area contributed by atoms with Crippen molar-refractivity contribution in [1.29, 1.82) is 0 Å². The molecule has 0 amide bonds. The van der Waals surface area contributed by atoms with Crippen LogP contribution in [-0.4, -0.2) is 31.6 Å². The molecule has 2 aliphatic heterocycles. The van der Waals surface area contributed by atoms with Gasteiger partial charge in [0.05, 0.1) is 28.6 Å². The molecule has 2 heterocycles. The van der Waals surface area contributed by atoms with Crippen molar-refractivity contribution in [1.82, 2.24) is 10.3 Å². The molecule has 5 rings (SSSR count). The minimum absolute atomic E-state index is 0.523. The SMILES string of the molecule is CN1CC=C2NN(c3ccccc3Cl)CC2=C1COc1cccc2ccccc12. The number of nitrogens with one attached hydrogen (secondary N) is 1. The summed E-state index contributed by atoms with van der Waals surface area (Å²) in [6.07, 6.45) is 2.22. The molecular weight excluding hydrogens is 382 g/mol. The van der Waals surface area contributed by atoms with Gasteiger partial charge in [-0.2, -0.15) is 0 Å². The van der Waals surface area contributed by atoms with Crippen molar-refractivity contribution in [2.24, 2.45) is 0 Å². The van der Waals surface area contributed by atoms with Crippen molar-refractivity contribution in [3.8, 4) is 5.75 Å². The number of nitrogens with zero attached hydrogens (tertiary/aromatic N) is 2. The van der Waals surface area contributed by atoms with Crippen LogP contribution >= 0.6 is 11.6 Å². The number of anilines is 1. The van der Waals surface area contributed by atoms with Crippen LogP contribution in [0.4, 0.5) is 5.69 Å². The summed E-state index contributed by atoms with van der Waals surface area (Å²) in [5.74, 6) is 0.912. The van der Waals surface area contributed by atoms with Gasteiger partial charge in [-0.3, -0.25) is 10.4 Å². The first-order valence-electron chi connectivity index (χ1n) is 9.74. The number of hydrogen-bond acceptors (Lipinski definition) is 4. The Morgan fingerprint density at radius 2 is 1.79 bits per heavy atom. The Hall–Kier alpha value is -3.11. The fraction of sp³-hybridized carbons (Fsp3) is 0.167. The number of fused-ring (bicyclic) bond motifs is 2. The van der Waals surface area contributed by atoms with Gasteiger partial charge in [-0.1, -0.05) is 60.1 Å². The lowest BCUT2D eigenvalue weighted by atomic mass is 10.1. The zero-order chi connectivity index (χ0) is 19.8. The van der Waals surface area contributed by atoms with Crippen molar-refractivity contribution in [2.45, 2.75) is 0 Å². The molecule has 0 unspecified atom stereocenters. The maximum Gasteiger partial charge on any atom is 0.128 e. The van der Waals surface area contributed by atoms with E-state index in [4.69, 9.17) is 16.3 Å². The van der Waals surface area contributed by atoms with Crippen LogP contribution in [0, 0.1) is 0 Å². The number of hydrogen-bond donors (Lipinski definition) is 1. The normalized spacial score (nSPS) is 16.0. The number of ether oxygens (including phenoxy) is 1. The molecule has 4 nitrogen and oxygen atoms in total. The molecular formula is C24H22ClN3O. The number of hydrazine groups is 1. The standard InChI is InChI=1S/C24H22ClN3O/c1-27-14-13-21-19(15-28(26-21)22-11-5-4-10-20(22)25)23(27)16-29-24-12-6-8-17-7-2-3-9-18(17)24/h2-13,26H,14-16H2,1H3. The summed E-state index contributed by atoms with van der Waals surface area (Å²) in [6, 6.07) is 22.4. The van der Waals surface area contributed by atoms with E-state index < -0.39 is 0 Å². The van der Waals surface area contributed by atoms with E-state index in [0.29, 0.717) is 6.61 Å². The van der Waals surface area contributed by atoms with Gasteiger partial charge in [0.2, 0.25) is 0 Å². The molecule has 1 fully saturated rings. The molecule has 0 aliphatic carbocycles. The summed E-state index contributed by atoms with van der Waals surface area (Å²) in [5, 5.41) is 5.16. The first-order chi connectivity index (χ1) is 14.2. The predicted molar refractivity (Wildman–Crippen MR) is 119 cm³/mol. The highest BCUT2D eigenvalue weighted by Crippen LogP contribution is 2.33. The van der Waals surface area contributed by atoms with Crippen molar-refractivity contribution >= 4 is 28.1 Å². The second kappa shape index (κ2) is 7.37. The lowest BCUT2D eigenvalue weighted by Crippen LogP contribution is -2.30. The number of benzene rings is 3. The molecule has 3 aromatic rings. The van der Waals surface area contributed by atoms with E-state index in [1.54, 1.807) is 0 Å². The average molecular weight is 404 g/mol. The smallest absolute Gasteiger partial charge is 0.128 e.